The van der Waals surface area contributed by atoms with Crippen LogP contribution in [0.2, 0.25) is 0 Å². The number of ether oxygens (including phenoxy) is 1. The zero-order valence-corrected chi connectivity index (χ0v) is 19.0. The first-order chi connectivity index (χ1) is 12.1. The molecule has 148 valence electrons. The summed E-state index contributed by atoms with van der Waals surface area (Å²) in [5, 5.41) is 7.07. The SMILES string of the molecule is CN=C(NCC(C)c1cccc(C)c1)NC1CCN(CCOC)CC1.I. The number of nitrogens with zero attached hydrogens (tertiary/aromatic N) is 2. The number of likely N-dealkylation sites (tertiary alicyclic amines) is 1. The first kappa shape index (κ1) is 23.2. The maximum atomic E-state index is 5.17. The number of methoxy groups -OCH3 is 1. The zero-order valence-electron chi connectivity index (χ0n) is 16.6. The van der Waals surface area contributed by atoms with Crippen molar-refractivity contribution in [1.82, 2.24) is 15.5 Å². The Bertz CT molecular complexity index is 544. The molecule has 0 saturated carbocycles. The molecule has 1 saturated heterocycles. The summed E-state index contributed by atoms with van der Waals surface area (Å²) in [6.07, 6.45) is 2.30. The van der Waals surface area contributed by atoms with Crippen LogP contribution in [0, 0.1) is 6.92 Å². The van der Waals surface area contributed by atoms with Crippen LogP contribution in [-0.4, -0.2) is 63.8 Å². The molecule has 26 heavy (non-hydrogen) atoms. The van der Waals surface area contributed by atoms with Crippen molar-refractivity contribution in [1.29, 1.82) is 0 Å². The Morgan fingerprint density at radius 1 is 1.35 bits per heavy atom. The number of piperidine rings is 1. The summed E-state index contributed by atoms with van der Waals surface area (Å²) in [6.45, 7) is 9.38. The standard InChI is InChI=1S/C20H34N4O.HI/c1-16-6-5-7-18(14-16)17(2)15-22-20(21-3)23-19-8-10-24(11-9-19)12-13-25-4;/h5-7,14,17,19H,8-13,15H2,1-4H3,(H2,21,22,23);1H. The summed E-state index contributed by atoms with van der Waals surface area (Å²) in [7, 11) is 3.61. The second kappa shape index (κ2) is 12.5. The summed E-state index contributed by atoms with van der Waals surface area (Å²) >= 11 is 0. The van der Waals surface area contributed by atoms with E-state index in [0.717, 1.165) is 51.6 Å². The molecule has 0 amide bonds. The van der Waals surface area contributed by atoms with E-state index in [1.54, 1.807) is 7.11 Å². The van der Waals surface area contributed by atoms with Gasteiger partial charge in [0.25, 0.3) is 0 Å². The van der Waals surface area contributed by atoms with Crippen molar-refractivity contribution in [2.45, 2.75) is 38.6 Å². The van der Waals surface area contributed by atoms with Gasteiger partial charge < -0.3 is 20.3 Å². The molecule has 2 N–H and O–H groups in total. The molecule has 1 fully saturated rings. The quantitative estimate of drug-likeness (QED) is 0.363. The Hall–Kier alpha value is -0.860. The number of hydrogen-bond acceptors (Lipinski definition) is 3. The second-order valence-electron chi connectivity index (χ2n) is 7.02. The average molecular weight is 474 g/mol. The summed E-state index contributed by atoms with van der Waals surface area (Å²) in [4.78, 5) is 6.86. The fraction of sp³-hybridized carbons (Fsp3) is 0.650. The molecule has 0 spiro atoms. The molecule has 0 radical (unpaired) electrons. The predicted molar refractivity (Wildman–Crippen MR) is 121 cm³/mol. The molecule has 1 aromatic carbocycles. The summed E-state index contributed by atoms with van der Waals surface area (Å²) in [5.41, 5.74) is 2.68. The topological polar surface area (TPSA) is 48.9 Å². The van der Waals surface area contributed by atoms with Gasteiger partial charge in [-0.2, -0.15) is 0 Å². The smallest absolute Gasteiger partial charge is 0.191 e. The first-order valence-corrected chi connectivity index (χ1v) is 9.37. The van der Waals surface area contributed by atoms with E-state index in [4.69, 9.17) is 4.74 Å². The van der Waals surface area contributed by atoms with Gasteiger partial charge in [-0.3, -0.25) is 4.99 Å². The third-order valence-corrected chi connectivity index (χ3v) is 4.95. The normalized spacial score (nSPS) is 17.5. The van der Waals surface area contributed by atoms with Crippen LogP contribution in [-0.2, 0) is 4.74 Å². The molecular weight excluding hydrogens is 439 g/mol. The molecule has 0 bridgehead atoms. The fourth-order valence-electron chi connectivity index (χ4n) is 3.25. The van der Waals surface area contributed by atoms with Crippen LogP contribution in [0.1, 0.15) is 36.8 Å². The van der Waals surface area contributed by atoms with Gasteiger partial charge in [-0.05, 0) is 31.2 Å². The fourth-order valence-corrected chi connectivity index (χ4v) is 3.25. The molecular formula is C20H35IN4O. The van der Waals surface area contributed by atoms with Crippen LogP contribution >= 0.6 is 24.0 Å². The van der Waals surface area contributed by atoms with Gasteiger partial charge in [0.15, 0.2) is 5.96 Å². The van der Waals surface area contributed by atoms with Crippen molar-refractivity contribution in [2.75, 3.05) is 46.9 Å². The molecule has 1 heterocycles. The number of halogens is 1. The number of rotatable bonds is 7. The van der Waals surface area contributed by atoms with Gasteiger partial charge in [0, 0.05) is 46.4 Å². The van der Waals surface area contributed by atoms with E-state index >= 15 is 0 Å². The lowest BCUT2D eigenvalue weighted by molar-refractivity contribution is 0.128. The molecule has 1 aliphatic rings. The maximum absolute atomic E-state index is 5.17. The highest BCUT2D eigenvalue weighted by Crippen LogP contribution is 2.15. The largest absolute Gasteiger partial charge is 0.383 e. The van der Waals surface area contributed by atoms with Gasteiger partial charge in [-0.1, -0.05) is 36.8 Å². The molecule has 5 nitrogen and oxygen atoms in total. The highest BCUT2D eigenvalue weighted by Gasteiger charge is 2.19. The lowest BCUT2D eigenvalue weighted by atomic mass is 9.99. The highest BCUT2D eigenvalue weighted by atomic mass is 127. The Balaban J connectivity index is 0.00000338. The van der Waals surface area contributed by atoms with Gasteiger partial charge in [0.2, 0.25) is 0 Å². The molecule has 2 rings (SSSR count). The van der Waals surface area contributed by atoms with Gasteiger partial charge in [0.1, 0.15) is 0 Å². The third-order valence-electron chi connectivity index (χ3n) is 4.95. The van der Waals surface area contributed by atoms with E-state index in [0.29, 0.717) is 12.0 Å². The van der Waals surface area contributed by atoms with Crippen LogP contribution in [0.25, 0.3) is 0 Å². The van der Waals surface area contributed by atoms with E-state index in [1.165, 1.54) is 11.1 Å². The van der Waals surface area contributed by atoms with Gasteiger partial charge >= 0.3 is 0 Å². The van der Waals surface area contributed by atoms with Crippen molar-refractivity contribution in [2.24, 2.45) is 4.99 Å². The van der Waals surface area contributed by atoms with Gasteiger partial charge in [-0.15, -0.1) is 24.0 Å². The van der Waals surface area contributed by atoms with Crippen LogP contribution < -0.4 is 10.6 Å². The number of guanidine groups is 1. The van der Waals surface area contributed by atoms with Crippen LogP contribution in [0.3, 0.4) is 0 Å². The Morgan fingerprint density at radius 2 is 2.08 bits per heavy atom. The van der Waals surface area contributed by atoms with Crippen LogP contribution in [0.5, 0.6) is 0 Å². The van der Waals surface area contributed by atoms with E-state index in [2.05, 4.69) is 58.6 Å². The molecule has 1 aromatic rings. The van der Waals surface area contributed by atoms with Crippen molar-refractivity contribution >= 4 is 29.9 Å². The van der Waals surface area contributed by atoms with Crippen molar-refractivity contribution in [3.05, 3.63) is 35.4 Å². The van der Waals surface area contributed by atoms with Crippen molar-refractivity contribution < 1.29 is 4.74 Å². The average Bonchev–Trinajstić information content (AvgIpc) is 2.64. The Labute approximate surface area is 176 Å². The minimum absolute atomic E-state index is 0. The minimum Gasteiger partial charge on any atom is -0.383 e. The zero-order chi connectivity index (χ0) is 18.1. The van der Waals surface area contributed by atoms with Crippen LogP contribution in [0.15, 0.2) is 29.3 Å². The molecule has 1 atom stereocenters. The molecule has 0 aromatic heterocycles. The number of aliphatic imine (C=N–C) groups is 1. The Kier molecular flexibility index (Phi) is 11.2. The lowest BCUT2D eigenvalue weighted by Gasteiger charge is -2.33. The second-order valence-corrected chi connectivity index (χ2v) is 7.02. The molecule has 6 heteroatoms. The van der Waals surface area contributed by atoms with E-state index in [9.17, 15) is 0 Å². The predicted octanol–water partition coefficient (Wildman–Crippen LogP) is 2.99. The number of hydrogen-bond donors (Lipinski definition) is 2. The Morgan fingerprint density at radius 3 is 2.69 bits per heavy atom. The first-order valence-electron chi connectivity index (χ1n) is 9.37. The molecule has 1 unspecified atom stereocenters. The van der Waals surface area contributed by atoms with E-state index in [1.807, 2.05) is 7.05 Å². The van der Waals surface area contributed by atoms with Crippen molar-refractivity contribution in [3.63, 3.8) is 0 Å². The molecule has 0 aliphatic carbocycles. The van der Waals surface area contributed by atoms with Crippen LogP contribution in [0.4, 0.5) is 0 Å². The summed E-state index contributed by atoms with van der Waals surface area (Å²) in [5.74, 6) is 1.36. The number of nitrogens with one attached hydrogen (secondary N) is 2. The maximum Gasteiger partial charge on any atom is 0.191 e. The monoisotopic (exact) mass is 474 g/mol. The molecule has 1 aliphatic heterocycles. The van der Waals surface area contributed by atoms with Crippen molar-refractivity contribution in [3.8, 4) is 0 Å². The third kappa shape index (κ3) is 7.80. The van der Waals surface area contributed by atoms with E-state index in [-0.39, 0.29) is 24.0 Å². The summed E-state index contributed by atoms with van der Waals surface area (Å²) < 4.78 is 5.17. The lowest BCUT2D eigenvalue weighted by Crippen LogP contribution is -2.49. The van der Waals surface area contributed by atoms with Gasteiger partial charge in [-0.25, -0.2) is 0 Å². The van der Waals surface area contributed by atoms with E-state index < -0.39 is 0 Å². The number of benzene rings is 1. The highest BCUT2D eigenvalue weighted by molar-refractivity contribution is 14.0. The van der Waals surface area contributed by atoms with Gasteiger partial charge in [0.05, 0.1) is 6.61 Å². The summed E-state index contributed by atoms with van der Waals surface area (Å²) in [6, 6.07) is 9.23. The minimum atomic E-state index is 0. The number of aryl methyl sites for hydroxylation is 1.